The number of aliphatic imine (C=N–C) groups is 1. The lowest BCUT2D eigenvalue weighted by atomic mass is 10.2. The standard InChI is InChI=1S/C20H11BrF3N3O5/c21-16-9-12(11-25-14-3-5-15(6-4-14)26(28)29)1-7-18(16)32-19-8-2-13(20(22,23)24)10-17(19)27(30)31/h1-11H. The third-order valence-electron chi connectivity index (χ3n) is 4.08. The predicted octanol–water partition coefficient (Wildman–Crippen LogP) is 6.83. The number of nitrogens with zero attached hydrogens (tertiary/aromatic N) is 3. The molecule has 0 aromatic heterocycles. The van der Waals surface area contributed by atoms with Gasteiger partial charge >= 0.3 is 11.9 Å². The molecule has 0 fully saturated rings. The van der Waals surface area contributed by atoms with Crippen LogP contribution in [0.4, 0.5) is 30.2 Å². The summed E-state index contributed by atoms with van der Waals surface area (Å²) in [4.78, 5) is 24.6. The van der Waals surface area contributed by atoms with Crippen LogP contribution in [0.5, 0.6) is 11.5 Å². The van der Waals surface area contributed by atoms with Crippen molar-refractivity contribution in [2.45, 2.75) is 6.18 Å². The summed E-state index contributed by atoms with van der Waals surface area (Å²) in [6, 6.07) is 12.2. The number of hydrogen-bond acceptors (Lipinski definition) is 6. The quantitative estimate of drug-likeness (QED) is 0.205. The first-order valence-corrected chi connectivity index (χ1v) is 9.45. The van der Waals surface area contributed by atoms with Crippen molar-refractivity contribution in [3.63, 3.8) is 0 Å². The molecule has 0 spiro atoms. The molecule has 12 heteroatoms. The third kappa shape index (κ3) is 5.46. The Morgan fingerprint density at radius 1 is 0.906 bits per heavy atom. The summed E-state index contributed by atoms with van der Waals surface area (Å²) in [6.07, 6.45) is -3.25. The maximum absolute atomic E-state index is 12.8. The fourth-order valence-corrected chi connectivity index (χ4v) is 3.01. The molecule has 0 heterocycles. The number of ether oxygens (including phenoxy) is 1. The molecule has 32 heavy (non-hydrogen) atoms. The normalized spacial score (nSPS) is 11.5. The van der Waals surface area contributed by atoms with Crippen LogP contribution in [0.1, 0.15) is 11.1 Å². The minimum Gasteiger partial charge on any atom is -0.449 e. The monoisotopic (exact) mass is 509 g/mol. The molecule has 3 aromatic rings. The van der Waals surface area contributed by atoms with Crippen molar-refractivity contribution in [3.8, 4) is 11.5 Å². The van der Waals surface area contributed by atoms with E-state index in [9.17, 15) is 33.4 Å². The van der Waals surface area contributed by atoms with Gasteiger partial charge in [0, 0.05) is 24.4 Å². The minimum atomic E-state index is -4.73. The summed E-state index contributed by atoms with van der Waals surface area (Å²) in [7, 11) is 0. The molecule has 0 aliphatic rings. The van der Waals surface area contributed by atoms with Gasteiger partial charge in [0.05, 0.1) is 25.6 Å². The highest BCUT2D eigenvalue weighted by Crippen LogP contribution is 2.39. The van der Waals surface area contributed by atoms with Crippen molar-refractivity contribution >= 4 is 39.2 Å². The van der Waals surface area contributed by atoms with Crippen molar-refractivity contribution < 1.29 is 27.8 Å². The average Bonchev–Trinajstić information content (AvgIpc) is 2.73. The van der Waals surface area contributed by atoms with Crippen molar-refractivity contribution in [1.29, 1.82) is 0 Å². The first-order chi connectivity index (χ1) is 15.0. The van der Waals surface area contributed by atoms with E-state index >= 15 is 0 Å². The topological polar surface area (TPSA) is 108 Å². The maximum Gasteiger partial charge on any atom is 0.416 e. The van der Waals surface area contributed by atoms with E-state index in [1.54, 1.807) is 12.1 Å². The fourth-order valence-electron chi connectivity index (χ4n) is 2.53. The van der Waals surface area contributed by atoms with Crippen molar-refractivity contribution in [1.82, 2.24) is 0 Å². The third-order valence-corrected chi connectivity index (χ3v) is 4.70. The van der Waals surface area contributed by atoms with Gasteiger partial charge in [0.25, 0.3) is 5.69 Å². The smallest absolute Gasteiger partial charge is 0.416 e. The number of alkyl halides is 3. The van der Waals surface area contributed by atoms with E-state index in [4.69, 9.17) is 4.74 Å². The molecule has 0 N–H and O–H groups in total. The van der Waals surface area contributed by atoms with Crippen LogP contribution in [0.2, 0.25) is 0 Å². The zero-order chi connectivity index (χ0) is 23.5. The largest absolute Gasteiger partial charge is 0.449 e. The molecular formula is C20H11BrF3N3O5. The Hall–Kier alpha value is -3.80. The van der Waals surface area contributed by atoms with Crippen LogP contribution in [-0.2, 0) is 6.18 Å². The highest BCUT2D eigenvalue weighted by molar-refractivity contribution is 9.10. The van der Waals surface area contributed by atoms with Gasteiger partial charge in [-0.3, -0.25) is 25.2 Å². The summed E-state index contributed by atoms with van der Waals surface area (Å²) in [5.74, 6) is -0.212. The number of rotatable bonds is 6. The minimum absolute atomic E-state index is 0.0643. The Bertz CT molecular complexity index is 1210. The molecule has 0 aliphatic carbocycles. The number of nitro groups is 2. The van der Waals surface area contributed by atoms with Crippen LogP contribution in [0, 0.1) is 20.2 Å². The second-order valence-corrected chi connectivity index (χ2v) is 7.12. The van der Waals surface area contributed by atoms with Crippen LogP contribution >= 0.6 is 15.9 Å². The second kappa shape index (κ2) is 9.14. The SMILES string of the molecule is O=[N+]([O-])c1ccc(N=Cc2ccc(Oc3ccc(C(F)(F)F)cc3[N+](=O)[O-])c(Br)c2)cc1. The van der Waals surface area contributed by atoms with Crippen LogP contribution in [0.15, 0.2) is 70.1 Å². The van der Waals surface area contributed by atoms with Crippen molar-refractivity contribution in [3.05, 3.63) is 96.5 Å². The maximum atomic E-state index is 12.8. The van der Waals surface area contributed by atoms with E-state index in [0.717, 1.165) is 6.07 Å². The Morgan fingerprint density at radius 2 is 1.56 bits per heavy atom. The van der Waals surface area contributed by atoms with E-state index in [2.05, 4.69) is 20.9 Å². The molecule has 0 bridgehead atoms. The summed E-state index contributed by atoms with van der Waals surface area (Å²) < 4.78 is 44.3. The van der Waals surface area contributed by atoms with E-state index in [0.29, 0.717) is 27.9 Å². The molecule has 3 rings (SSSR count). The van der Waals surface area contributed by atoms with E-state index in [1.165, 1.54) is 36.5 Å². The molecule has 0 amide bonds. The van der Waals surface area contributed by atoms with E-state index in [1.807, 2.05) is 0 Å². The van der Waals surface area contributed by atoms with Gasteiger partial charge in [-0.2, -0.15) is 13.2 Å². The second-order valence-electron chi connectivity index (χ2n) is 6.26. The van der Waals surface area contributed by atoms with Gasteiger partial charge in [-0.15, -0.1) is 0 Å². The molecular weight excluding hydrogens is 499 g/mol. The lowest BCUT2D eigenvalue weighted by Crippen LogP contribution is -2.06. The molecule has 3 aromatic carbocycles. The summed E-state index contributed by atoms with van der Waals surface area (Å²) in [6.45, 7) is 0. The molecule has 0 unspecified atom stereocenters. The highest BCUT2D eigenvalue weighted by atomic mass is 79.9. The van der Waals surface area contributed by atoms with Crippen molar-refractivity contribution in [2.24, 2.45) is 4.99 Å². The molecule has 8 nitrogen and oxygen atoms in total. The van der Waals surface area contributed by atoms with Gasteiger partial charge in [0.1, 0.15) is 5.75 Å². The Kier molecular flexibility index (Phi) is 6.53. The van der Waals surface area contributed by atoms with Gasteiger partial charge in [0.2, 0.25) is 5.75 Å². The first-order valence-electron chi connectivity index (χ1n) is 8.66. The Labute approximate surface area is 186 Å². The van der Waals surface area contributed by atoms with Crippen LogP contribution in [0.3, 0.4) is 0 Å². The lowest BCUT2D eigenvalue weighted by Gasteiger charge is -2.11. The molecule has 0 radical (unpaired) electrons. The van der Waals surface area contributed by atoms with Crippen LogP contribution in [-0.4, -0.2) is 16.1 Å². The summed E-state index contributed by atoms with van der Waals surface area (Å²) in [5.41, 5.74) is -0.966. The number of non-ortho nitro benzene ring substituents is 1. The Balaban J connectivity index is 1.81. The number of hydrogen-bond donors (Lipinski definition) is 0. The van der Waals surface area contributed by atoms with Crippen LogP contribution < -0.4 is 4.74 Å². The Morgan fingerprint density at radius 3 is 2.12 bits per heavy atom. The number of benzene rings is 3. The lowest BCUT2D eigenvalue weighted by molar-refractivity contribution is -0.385. The highest BCUT2D eigenvalue weighted by Gasteiger charge is 2.33. The number of nitro benzene ring substituents is 2. The van der Waals surface area contributed by atoms with Gasteiger partial charge in [-0.1, -0.05) is 0 Å². The zero-order valence-corrected chi connectivity index (χ0v) is 17.3. The predicted molar refractivity (Wildman–Crippen MR) is 113 cm³/mol. The molecule has 0 saturated carbocycles. The summed E-state index contributed by atoms with van der Waals surface area (Å²) >= 11 is 3.25. The number of halogens is 4. The van der Waals surface area contributed by atoms with Crippen LogP contribution in [0.25, 0.3) is 0 Å². The van der Waals surface area contributed by atoms with Gasteiger partial charge in [-0.25, -0.2) is 0 Å². The zero-order valence-electron chi connectivity index (χ0n) is 15.7. The van der Waals surface area contributed by atoms with Crippen molar-refractivity contribution in [2.75, 3.05) is 0 Å². The molecule has 0 atom stereocenters. The first kappa shape index (κ1) is 22.9. The van der Waals surface area contributed by atoms with Gasteiger partial charge in [0.15, 0.2) is 0 Å². The van der Waals surface area contributed by atoms with Gasteiger partial charge in [-0.05, 0) is 64.0 Å². The average molecular weight is 510 g/mol. The summed E-state index contributed by atoms with van der Waals surface area (Å²) in [5, 5.41) is 21.9. The molecule has 0 saturated heterocycles. The van der Waals surface area contributed by atoms with E-state index in [-0.39, 0.29) is 17.2 Å². The fraction of sp³-hybridized carbons (Fsp3) is 0.0500. The molecule has 0 aliphatic heterocycles. The molecule has 164 valence electrons. The van der Waals surface area contributed by atoms with Gasteiger partial charge < -0.3 is 4.74 Å². The van der Waals surface area contributed by atoms with E-state index < -0.39 is 27.3 Å².